The molecule has 5 heteroatoms. The van der Waals surface area contributed by atoms with E-state index in [0.29, 0.717) is 12.2 Å². The Labute approximate surface area is 99.9 Å². The molecule has 5 nitrogen and oxygen atoms in total. The molecule has 0 saturated carbocycles. The first kappa shape index (κ1) is 13.0. The largest absolute Gasteiger partial charge is 0.449 e. The number of para-hydroxylation sites is 1. The smallest absolute Gasteiger partial charge is 0.341 e. The van der Waals surface area contributed by atoms with E-state index in [2.05, 4.69) is 5.32 Å². The summed E-state index contributed by atoms with van der Waals surface area (Å²) in [6.45, 7) is 3.80. The van der Waals surface area contributed by atoms with Gasteiger partial charge in [0.25, 0.3) is 5.91 Å². The predicted octanol–water partition coefficient (Wildman–Crippen LogP) is 0.950. The van der Waals surface area contributed by atoms with Gasteiger partial charge >= 0.3 is 5.97 Å². The van der Waals surface area contributed by atoms with E-state index >= 15 is 0 Å². The molecule has 0 heterocycles. The SMILES string of the molecule is CCNC(=O)[C@H](C)OC(=O)c1ccccc1N. The minimum absolute atomic E-state index is 0.267. The molecule has 0 spiro atoms. The van der Waals surface area contributed by atoms with Crippen molar-refractivity contribution >= 4 is 17.6 Å². The third kappa shape index (κ3) is 3.48. The standard InChI is InChI=1S/C12H16N2O3/c1-3-14-11(15)8(2)17-12(16)9-6-4-5-7-10(9)13/h4-8H,3,13H2,1-2H3,(H,14,15)/t8-/m0/s1. The second-order valence-corrected chi connectivity index (χ2v) is 3.53. The highest BCUT2D eigenvalue weighted by atomic mass is 16.5. The highest BCUT2D eigenvalue weighted by molar-refractivity contribution is 5.96. The molecule has 0 aliphatic rings. The lowest BCUT2D eigenvalue weighted by atomic mass is 10.2. The zero-order valence-corrected chi connectivity index (χ0v) is 9.90. The Kier molecular flexibility index (Phi) is 4.51. The molecule has 17 heavy (non-hydrogen) atoms. The van der Waals surface area contributed by atoms with Gasteiger partial charge in [0, 0.05) is 12.2 Å². The average molecular weight is 236 g/mol. The number of benzene rings is 1. The number of carbonyl (C=O) groups excluding carboxylic acids is 2. The summed E-state index contributed by atoms with van der Waals surface area (Å²) in [4.78, 5) is 23.1. The molecule has 0 radical (unpaired) electrons. The first-order chi connectivity index (χ1) is 8.06. The molecule has 0 aliphatic carbocycles. The molecule has 0 aliphatic heterocycles. The molecule has 92 valence electrons. The van der Waals surface area contributed by atoms with Gasteiger partial charge in [0.05, 0.1) is 5.56 Å². The Balaban J connectivity index is 2.67. The molecular weight excluding hydrogens is 220 g/mol. The predicted molar refractivity (Wildman–Crippen MR) is 64.4 cm³/mol. The number of esters is 1. The van der Waals surface area contributed by atoms with Crippen molar-refractivity contribution in [3.8, 4) is 0 Å². The van der Waals surface area contributed by atoms with E-state index < -0.39 is 12.1 Å². The van der Waals surface area contributed by atoms with Gasteiger partial charge in [-0.15, -0.1) is 0 Å². The van der Waals surface area contributed by atoms with Crippen LogP contribution in [-0.2, 0) is 9.53 Å². The number of amides is 1. The Morgan fingerprint density at radius 2 is 2.06 bits per heavy atom. The summed E-state index contributed by atoms with van der Waals surface area (Å²) < 4.78 is 5.00. The van der Waals surface area contributed by atoms with Crippen LogP contribution >= 0.6 is 0 Å². The van der Waals surface area contributed by atoms with Gasteiger partial charge in [-0.25, -0.2) is 4.79 Å². The van der Waals surface area contributed by atoms with E-state index in [1.54, 1.807) is 31.2 Å². The highest BCUT2D eigenvalue weighted by Gasteiger charge is 2.19. The quantitative estimate of drug-likeness (QED) is 0.602. The lowest BCUT2D eigenvalue weighted by Crippen LogP contribution is -2.35. The molecular formula is C12H16N2O3. The minimum atomic E-state index is -0.831. The van der Waals surface area contributed by atoms with Crippen LogP contribution in [0, 0.1) is 0 Å². The van der Waals surface area contributed by atoms with Crippen LogP contribution in [0.3, 0.4) is 0 Å². The molecule has 1 aromatic carbocycles. The average Bonchev–Trinajstić information content (AvgIpc) is 2.29. The van der Waals surface area contributed by atoms with Crippen molar-refractivity contribution in [2.24, 2.45) is 0 Å². The molecule has 1 aromatic rings. The Bertz CT molecular complexity index is 418. The lowest BCUT2D eigenvalue weighted by Gasteiger charge is -2.13. The summed E-state index contributed by atoms with van der Waals surface area (Å²) in [5.74, 6) is -0.919. The number of hydrogen-bond acceptors (Lipinski definition) is 4. The van der Waals surface area contributed by atoms with Gasteiger partial charge < -0.3 is 15.8 Å². The number of nitrogens with one attached hydrogen (secondary N) is 1. The fourth-order valence-electron chi connectivity index (χ4n) is 1.28. The number of likely N-dealkylation sites (N-methyl/N-ethyl adjacent to an activating group) is 1. The zero-order chi connectivity index (χ0) is 12.8. The van der Waals surface area contributed by atoms with Crippen molar-refractivity contribution in [2.75, 3.05) is 12.3 Å². The summed E-state index contributed by atoms with van der Waals surface area (Å²) >= 11 is 0. The van der Waals surface area contributed by atoms with Gasteiger partial charge in [0.15, 0.2) is 6.10 Å². The van der Waals surface area contributed by atoms with E-state index in [1.807, 2.05) is 0 Å². The van der Waals surface area contributed by atoms with E-state index in [0.717, 1.165) is 0 Å². The fourth-order valence-corrected chi connectivity index (χ4v) is 1.28. The number of rotatable bonds is 4. The maximum atomic E-state index is 11.7. The minimum Gasteiger partial charge on any atom is -0.449 e. The maximum absolute atomic E-state index is 11.7. The Morgan fingerprint density at radius 3 is 2.65 bits per heavy atom. The van der Waals surface area contributed by atoms with E-state index in [4.69, 9.17) is 10.5 Å². The first-order valence-corrected chi connectivity index (χ1v) is 5.39. The van der Waals surface area contributed by atoms with Gasteiger partial charge in [0.1, 0.15) is 0 Å². The Hall–Kier alpha value is -2.04. The second kappa shape index (κ2) is 5.89. The number of nitrogen functional groups attached to an aromatic ring is 1. The number of ether oxygens (including phenoxy) is 1. The lowest BCUT2D eigenvalue weighted by molar-refractivity contribution is -0.128. The fraction of sp³-hybridized carbons (Fsp3) is 0.333. The Morgan fingerprint density at radius 1 is 1.41 bits per heavy atom. The first-order valence-electron chi connectivity index (χ1n) is 5.39. The molecule has 1 rings (SSSR count). The summed E-state index contributed by atoms with van der Waals surface area (Å²) in [5.41, 5.74) is 6.23. The van der Waals surface area contributed by atoms with Gasteiger partial charge in [-0.2, -0.15) is 0 Å². The van der Waals surface area contributed by atoms with Crippen molar-refractivity contribution in [3.05, 3.63) is 29.8 Å². The van der Waals surface area contributed by atoms with Crippen LogP contribution in [0.25, 0.3) is 0 Å². The van der Waals surface area contributed by atoms with Crippen molar-refractivity contribution in [1.82, 2.24) is 5.32 Å². The normalized spacial score (nSPS) is 11.6. The van der Waals surface area contributed by atoms with E-state index in [9.17, 15) is 9.59 Å². The van der Waals surface area contributed by atoms with Gasteiger partial charge in [-0.05, 0) is 26.0 Å². The molecule has 1 atom stereocenters. The van der Waals surface area contributed by atoms with E-state index in [1.165, 1.54) is 6.92 Å². The van der Waals surface area contributed by atoms with Gasteiger partial charge in [-0.1, -0.05) is 12.1 Å². The zero-order valence-electron chi connectivity index (χ0n) is 9.90. The number of carbonyl (C=O) groups is 2. The molecule has 1 amide bonds. The van der Waals surface area contributed by atoms with Crippen LogP contribution in [-0.4, -0.2) is 24.5 Å². The summed E-state index contributed by atoms with van der Waals surface area (Å²) in [5, 5.41) is 2.57. The summed E-state index contributed by atoms with van der Waals surface area (Å²) in [6, 6.07) is 6.57. The van der Waals surface area contributed by atoms with Crippen LogP contribution < -0.4 is 11.1 Å². The number of anilines is 1. The molecule has 0 saturated heterocycles. The van der Waals surface area contributed by atoms with E-state index in [-0.39, 0.29) is 11.5 Å². The van der Waals surface area contributed by atoms with Crippen LogP contribution in [0.2, 0.25) is 0 Å². The molecule has 0 fully saturated rings. The van der Waals surface area contributed by atoms with Crippen molar-refractivity contribution < 1.29 is 14.3 Å². The third-order valence-electron chi connectivity index (χ3n) is 2.18. The monoisotopic (exact) mass is 236 g/mol. The molecule has 3 N–H and O–H groups in total. The molecule has 0 unspecified atom stereocenters. The van der Waals surface area contributed by atoms with Gasteiger partial charge in [-0.3, -0.25) is 4.79 Å². The van der Waals surface area contributed by atoms with Crippen LogP contribution in [0.1, 0.15) is 24.2 Å². The summed E-state index contributed by atoms with van der Waals surface area (Å²) in [6.07, 6.45) is -0.831. The van der Waals surface area contributed by atoms with Crippen molar-refractivity contribution in [1.29, 1.82) is 0 Å². The number of hydrogen-bond donors (Lipinski definition) is 2. The topological polar surface area (TPSA) is 81.4 Å². The van der Waals surface area contributed by atoms with Crippen molar-refractivity contribution in [3.63, 3.8) is 0 Å². The van der Waals surface area contributed by atoms with Crippen molar-refractivity contribution in [2.45, 2.75) is 20.0 Å². The van der Waals surface area contributed by atoms with Crippen LogP contribution in [0.5, 0.6) is 0 Å². The maximum Gasteiger partial charge on any atom is 0.341 e. The third-order valence-corrected chi connectivity index (χ3v) is 2.18. The second-order valence-electron chi connectivity index (χ2n) is 3.53. The highest BCUT2D eigenvalue weighted by Crippen LogP contribution is 2.12. The van der Waals surface area contributed by atoms with Gasteiger partial charge in [0.2, 0.25) is 0 Å². The molecule has 0 aromatic heterocycles. The summed E-state index contributed by atoms with van der Waals surface area (Å²) in [7, 11) is 0. The number of nitrogens with two attached hydrogens (primary N) is 1. The van der Waals surface area contributed by atoms with Crippen LogP contribution in [0.4, 0.5) is 5.69 Å². The molecule has 0 bridgehead atoms. The van der Waals surface area contributed by atoms with Crippen LogP contribution in [0.15, 0.2) is 24.3 Å².